The van der Waals surface area contributed by atoms with Crippen LogP contribution in [0.3, 0.4) is 0 Å². The maximum atomic E-state index is 11.5. The van der Waals surface area contributed by atoms with Crippen molar-refractivity contribution < 1.29 is 49.4 Å². The average molecular weight is 954 g/mol. The number of hydrogen-bond donors (Lipinski definition) is 1. The number of esters is 2. The summed E-state index contributed by atoms with van der Waals surface area (Å²) in [5.74, 6) is -0.579. The fourth-order valence-electron chi connectivity index (χ4n) is 3.83. The molecule has 0 amide bonds. The number of aliphatic hydroxyl groups excluding tert-OH is 1. The topological polar surface area (TPSA) is 175 Å². The minimum Gasteiger partial charge on any atom is -0.465 e. The second kappa shape index (κ2) is 22.8. The van der Waals surface area contributed by atoms with Crippen LogP contribution in [-0.4, -0.2) is 73.8 Å². The van der Waals surface area contributed by atoms with Crippen LogP contribution >= 0.6 is 38.5 Å². The van der Waals surface area contributed by atoms with Crippen LogP contribution in [0.5, 0.6) is 0 Å². The van der Waals surface area contributed by atoms with Crippen molar-refractivity contribution >= 4 is 80.0 Å². The molecule has 1 N–H and O–H groups in total. The van der Waals surface area contributed by atoms with Gasteiger partial charge < -0.3 is 14.6 Å². The molecule has 0 aliphatic carbocycles. The van der Waals surface area contributed by atoms with Crippen molar-refractivity contribution in [3.63, 3.8) is 0 Å². The third-order valence-electron chi connectivity index (χ3n) is 6.85. The number of aliphatic hydroxyl groups is 1. The van der Waals surface area contributed by atoms with Gasteiger partial charge in [0.15, 0.2) is 29.5 Å². The highest BCUT2D eigenvalue weighted by Crippen LogP contribution is 2.16. The molecular weight excluding hydrogens is 911 g/mol. The van der Waals surface area contributed by atoms with Crippen LogP contribution in [0.25, 0.3) is 0 Å². The van der Waals surface area contributed by atoms with Crippen molar-refractivity contribution in [1.82, 2.24) is 0 Å². The van der Waals surface area contributed by atoms with E-state index in [-0.39, 0.29) is 45.2 Å². The second-order valence-electron chi connectivity index (χ2n) is 10.3. The molecule has 0 aliphatic heterocycles. The lowest BCUT2D eigenvalue weighted by molar-refractivity contribution is 0.0591. The molecule has 4 aromatic carbocycles. The zero-order valence-corrected chi connectivity index (χ0v) is 35.5. The zero-order valence-electron chi connectivity index (χ0n) is 29.3. The maximum Gasteiger partial charge on any atom is 0.337 e. The summed E-state index contributed by atoms with van der Waals surface area (Å²) >= 11 is 5.43. The smallest absolute Gasteiger partial charge is 0.337 e. The van der Waals surface area contributed by atoms with E-state index in [9.17, 15) is 34.8 Å². The first kappa shape index (κ1) is 46.9. The summed E-state index contributed by atoms with van der Waals surface area (Å²) in [6.07, 6.45) is 0. The average Bonchev–Trinajstić information content (AvgIpc) is 3.18. The summed E-state index contributed by atoms with van der Waals surface area (Å²) in [6.45, 7) is 4.67. The first-order valence-corrected chi connectivity index (χ1v) is 22.7. The Morgan fingerprint density at radius 2 is 0.962 bits per heavy atom. The van der Waals surface area contributed by atoms with Gasteiger partial charge in [0.2, 0.25) is 0 Å². The van der Waals surface area contributed by atoms with Gasteiger partial charge in [0.05, 0.1) is 63.9 Å². The van der Waals surface area contributed by atoms with Crippen LogP contribution in [-0.2, 0) is 50.9 Å². The quantitative estimate of drug-likeness (QED) is 0.102. The van der Waals surface area contributed by atoms with E-state index in [1.807, 2.05) is 18.2 Å². The first-order chi connectivity index (χ1) is 24.4. The van der Waals surface area contributed by atoms with Gasteiger partial charge in [-0.3, -0.25) is 0 Å². The van der Waals surface area contributed by atoms with E-state index >= 15 is 0 Å². The number of hydrogen-bond acceptors (Lipinski definition) is 11. The number of ether oxygens (including phenoxy) is 2. The normalized spacial score (nSPS) is 10.9. The fourth-order valence-corrected chi connectivity index (χ4v) is 7.55. The Kier molecular flexibility index (Phi) is 20.6. The van der Waals surface area contributed by atoms with Crippen LogP contribution in [0.4, 0.5) is 0 Å². The van der Waals surface area contributed by atoms with Crippen molar-refractivity contribution in [2.45, 2.75) is 47.4 Å². The standard InChI is InChI=1S/C10H12O4S.C9H11BrO2S.C9H12O3S.C8H7IO2/c1-3-15(12,13)9-6-4-5-8(7-9)10(11)14-2;2*1-2-13(11,12)9-5-3-4-8(6-9)7-10;1-11-8(10)6-3-2-4-7(9)5-6/h4-7H,3H2,1-2H3;3-6H,2,7H2,1H3;3-6,10H,2,7H2,1H3;2-5H,1H3. The summed E-state index contributed by atoms with van der Waals surface area (Å²) in [6, 6.07) is 26.4. The maximum absolute atomic E-state index is 11.5. The molecule has 0 spiro atoms. The molecule has 0 unspecified atom stereocenters. The summed E-state index contributed by atoms with van der Waals surface area (Å²) in [5.41, 5.74) is 2.44. The minimum atomic E-state index is -3.27. The van der Waals surface area contributed by atoms with E-state index in [4.69, 9.17) is 5.11 Å². The predicted octanol–water partition coefficient (Wildman–Crippen LogP) is 6.69. The van der Waals surface area contributed by atoms with Crippen LogP contribution in [0.2, 0.25) is 0 Å². The molecule has 0 bridgehead atoms. The third-order valence-corrected chi connectivity index (χ3v) is 13.4. The first-order valence-electron chi connectivity index (χ1n) is 15.5. The lowest BCUT2D eigenvalue weighted by Gasteiger charge is -2.03. The van der Waals surface area contributed by atoms with Crippen LogP contribution in [0.1, 0.15) is 52.6 Å². The van der Waals surface area contributed by atoms with Crippen molar-refractivity contribution in [2.24, 2.45) is 0 Å². The number of sulfone groups is 3. The molecule has 16 heteroatoms. The fraction of sp³-hybridized carbons (Fsp3) is 0.278. The molecule has 0 heterocycles. The molecule has 11 nitrogen and oxygen atoms in total. The van der Waals surface area contributed by atoms with Crippen molar-refractivity contribution in [3.05, 3.63) is 123 Å². The van der Waals surface area contributed by atoms with E-state index in [0.717, 1.165) is 9.13 Å². The SMILES string of the molecule is CCS(=O)(=O)c1cccc(C(=O)OC)c1.CCS(=O)(=O)c1cccc(CBr)c1.CCS(=O)(=O)c1cccc(CO)c1.COC(=O)c1cccc(I)c1. The molecule has 284 valence electrons. The van der Waals surface area contributed by atoms with E-state index in [2.05, 4.69) is 48.0 Å². The number of carbonyl (C=O) groups excluding carboxylic acids is 2. The van der Waals surface area contributed by atoms with Gasteiger partial charge in [-0.05, 0) is 94.4 Å². The number of carbonyl (C=O) groups is 2. The Morgan fingerprint density at radius 3 is 1.35 bits per heavy atom. The van der Waals surface area contributed by atoms with Gasteiger partial charge in [-0.2, -0.15) is 0 Å². The van der Waals surface area contributed by atoms with Crippen LogP contribution < -0.4 is 0 Å². The number of methoxy groups -OCH3 is 2. The van der Waals surface area contributed by atoms with E-state index in [1.54, 1.807) is 63.2 Å². The highest BCUT2D eigenvalue weighted by molar-refractivity contribution is 14.1. The molecule has 4 rings (SSSR count). The highest BCUT2D eigenvalue weighted by atomic mass is 127. The van der Waals surface area contributed by atoms with Crippen LogP contribution in [0, 0.1) is 3.57 Å². The van der Waals surface area contributed by atoms with Crippen LogP contribution in [0.15, 0.2) is 112 Å². The van der Waals surface area contributed by atoms with Gasteiger partial charge in [0, 0.05) is 8.90 Å². The second-order valence-corrected chi connectivity index (χ2v) is 19.0. The Morgan fingerprint density at radius 1 is 0.596 bits per heavy atom. The number of alkyl halides is 1. The largest absolute Gasteiger partial charge is 0.465 e. The third kappa shape index (κ3) is 15.4. The van der Waals surface area contributed by atoms with Gasteiger partial charge in [-0.15, -0.1) is 0 Å². The molecule has 52 heavy (non-hydrogen) atoms. The lowest BCUT2D eigenvalue weighted by atomic mass is 10.2. The van der Waals surface area contributed by atoms with E-state index in [0.29, 0.717) is 21.4 Å². The minimum absolute atomic E-state index is 0.0115. The number of benzene rings is 4. The Balaban J connectivity index is 0.000000348. The van der Waals surface area contributed by atoms with Gasteiger partial charge in [0.1, 0.15) is 0 Å². The van der Waals surface area contributed by atoms with E-state index < -0.39 is 35.5 Å². The highest BCUT2D eigenvalue weighted by Gasteiger charge is 2.15. The number of halogens is 2. The van der Waals surface area contributed by atoms with Gasteiger partial charge in [-0.25, -0.2) is 34.8 Å². The Labute approximate surface area is 328 Å². The molecule has 0 aliphatic rings. The zero-order chi connectivity index (χ0) is 39.5. The molecule has 0 radical (unpaired) electrons. The molecule has 0 fully saturated rings. The molecule has 0 saturated heterocycles. The summed E-state index contributed by atoms with van der Waals surface area (Å²) in [5, 5.41) is 9.49. The monoisotopic (exact) mass is 952 g/mol. The number of rotatable bonds is 10. The summed E-state index contributed by atoms with van der Waals surface area (Å²) < 4.78 is 78.8. The van der Waals surface area contributed by atoms with Crippen molar-refractivity contribution in [3.8, 4) is 0 Å². The van der Waals surface area contributed by atoms with Crippen molar-refractivity contribution in [1.29, 1.82) is 0 Å². The van der Waals surface area contributed by atoms with Gasteiger partial charge in [0.25, 0.3) is 0 Å². The molecular formula is C36H42BrIO11S3. The van der Waals surface area contributed by atoms with Gasteiger partial charge in [-0.1, -0.05) is 73.1 Å². The molecule has 0 saturated carbocycles. The molecule has 0 atom stereocenters. The Hall–Kier alpha value is -3.16. The predicted molar refractivity (Wildman–Crippen MR) is 213 cm³/mol. The molecule has 0 aromatic heterocycles. The van der Waals surface area contributed by atoms with E-state index in [1.165, 1.54) is 50.6 Å². The summed E-state index contributed by atoms with van der Waals surface area (Å²) in [4.78, 5) is 22.9. The summed E-state index contributed by atoms with van der Waals surface area (Å²) in [7, 11) is -6.83. The van der Waals surface area contributed by atoms with Gasteiger partial charge >= 0.3 is 11.9 Å². The lowest BCUT2D eigenvalue weighted by Crippen LogP contribution is -2.06. The Bertz CT molecular complexity index is 2030. The molecule has 4 aromatic rings. The van der Waals surface area contributed by atoms with Crippen molar-refractivity contribution in [2.75, 3.05) is 31.5 Å².